The number of nitrogens with zero attached hydrogens (tertiary/aromatic N) is 4. The molecule has 178 valence electrons. The van der Waals surface area contributed by atoms with Crippen molar-refractivity contribution in [3.8, 4) is 28.8 Å². The number of nitrogen functional groups attached to an aromatic ring is 1. The second-order valence-electron chi connectivity index (χ2n) is 8.49. The van der Waals surface area contributed by atoms with Gasteiger partial charge in [-0.1, -0.05) is 24.8 Å². The number of benzene rings is 2. The zero-order valence-corrected chi connectivity index (χ0v) is 19.3. The van der Waals surface area contributed by atoms with Crippen LogP contribution in [0.2, 0.25) is 0 Å². The molecular formula is C26H26N6O3. The van der Waals surface area contributed by atoms with Crippen molar-refractivity contribution < 1.29 is 14.3 Å². The summed E-state index contributed by atoms with van der Waals surface area (Å²) >= 11 is 0. The molecule has 4 rings (SSSR count). The van der Waals surface area contributed by atoms with E-state index in [1.807, 2.05) is 43.3 Å². The van der Waals surface area contributed by atoms with E-state index in [0.29, 0.717) is 35.6 Å². The van der Waals surface area contributed by atoms with E-state index < -0.39 is 11.8 Å². The standard InChI is InChI=1S/C26H26N6O3/c1-16(14-27)26(34)31-15-19(11-8-17(31)2)32-24(28)22(25(29)33)23(30-32)18-9-12-21(13-10-18)35-20-6-4-3-5-7-20/h3-7,9-10,12-13,17,19H,1,8,11,15,28H2,2H3,(H2,29,33). The Morgan fingerprint density at radius 2 is 1.77 bits per heavy atom. The Morgan fingerprint density at radius 1 is 1.11 bits per heavy atom. The number of hydrogen-bond acceptors (Lipinski definition) is 6. The van der Waals surface area contributed by atoms with Crippen LogP contribution in [0.1, 0.15) is 36.2 Å². The van der Waals surface area contributed by atoms with Crippen molar-refractivity contribution in [2.24, 2.45) is 5.73 Å². The first-order valence-corrected chi connectivity index (χ1v) is 11.2. The molecule has 1 aromatic heterocycles. The van der Waals surface area contributed by atoms with Gasteiger partial charge in [-0.05, 0) is 56.2 Å². The molecule has 35 heavy (non-hydrogen) atoms. The monoisotopic (exact) mass is 470 g/mol. The number of primary amides is 1. The molecule has 2 amide bonds. The highest BCUT2D eigenvalue weighted by Gasteiger charge is 2.34. The molecule has 4 N–H and O–H groups in total. The van der Waals surface area contributed by atoms with E-state index in [9.17, 15) is 9.59 Å². The zero-order valence-electron chi connectivity index (χ0n) is 19.3. The lowest BCUT2D eigenvalue weighted by Crippen LogP contribution is -2.46. The summed E-state index contributed by atoms with van der Waals surface area (Å²) in [6.07, 6.45) is 1.37. The summed E-state index contributed by atoms with van der Waals surface area (Å²) in [6, 6.07) is 18.0. The molecular weight excluding hydrogens is 444 g/mol. The topological polar surface area (TPSA) is 140 Å². The summed E-state index contributed by atoms with van der Waals surface area (Å²) < 4.78 is 7.40. The van der Waals surface area contributed by atoms with Crippen LogP contribution >= 0.6 is 0 Å². The molecule has 9 heteroatoms. The maximum absolute atomic E-state index is 12.6. The molecule has 1 saturated heterocycles. The van der Waals surface area contributed by atoms with E-state index >= 15 is 0 Å². The van der Waals surface area contributed by atoms with Crippen LogP contribution in [-0.4, -0.2) is 39.1 Å². The van der Waals surface area contributed by atoms with Gasteiger partial charge in [0.25, 0.3) is 11.8 Å². The predicted octanol–water partition coefficient (Wildman–Crippen LogP) is 3.66. The van der Waals surface area contributed by atoms with E-state index in [2.05, 4.69) is 11.7 Å². The summed E-state index contributed by atoms with van der Waals surface area (Å²) in [5.41, 5.74) is 13.0. The number of carbonyl (C=O) groups is 2. The second kappa shape index (κ2) is 9.73. The van der Waals surface area contributed by atoms with Gasteiger partial charge in [0, 0.05) is 18.2 Å². The molecule has 0 spiro atoms. The molecule has 0 bridgehead atoms. The van der Waals surface area contributed by atoms with Crippen LogP contribution in [0, 0.1) is 11.3 Å². The third-order valence-corrected chi connectivity index (χ3v) is 6.16. The number of anilines is 1. The van der Waals surface area contributed by atoms with Gasteiger partial charge in [0.1, 0.15) is 40.2 Å². The molecule has 0 saturated carbocycles. The summed E-state index contributed by atoms with van der Waals surface area (Å²) in [6.45, 7) is 5.75. The maximum Gasteiger partial charge on any atom is 0.264 e. The average Bonchev–Trinajstić information content (AvgIpc) is 3.21. The Bertz CT molecular complexity index is 1310. The number of para-hydroxylation sites is 1. The number of rotatable bonds is 6. The summed E-state index contributed by atoms with van der Waals surface area (Å²) in [7, 11) is 0. The Balaban J connectivity index is 1.64. The SMILES string of the molecule is C=C(C#N)C(=O)N1CC(n2nc(-c3ccc(Oc4ccccc4)cc3)c(C(N)=O)c2N)CCC1C. The highest BCUT2D eigenvalue weighted by molar-refractivity contribution is 6.03. The summed E-state index contributed by atoms with van der Waals surface area (Å²) in [5.74, 6) is 0.365. The van der Waals surface area contributed by atoms with Crippen LogP contribution in [-0.2, 0) is 4.79 Å². The van der Waals surface area contributed by atoms with Crippen LogP contribution < -0.4 is 16.2 Å². The summed E-state index contributed by atoms with van der Waals surface area (Å²) in [4.78, 5) is 26.5. The third-order valence-electron chi connectivity index (χ3n) is 6.16. The van der Waals surface area contributed by atoms with Gasteiger partial charge in [-0.15, -0.1) is 0 Å². The molecule has 1 aliphatic heterocycles. The minimum absolute atomic E-state index is 0.0622. The fourth-order valence-electron chi connectivity index (χ4n) is 4.27. The van der Waals surface area contributed by atoms with Gasteiger partial charge in [0.05, 0.1) is 6.04 Å². The van der Waals surface area contributed by atoms with E-state index in [-0.39, 0.29) is 35.6 Å². The van der Waals surface area contributed by atoms with E-state index in [1.165, 1.54) is 0 Å². The van der Waals surface area contributed by atoms with Gasteiger partial charge in [-0.2, -0.15) is 10.4 Å². The van der Waals surface area contributed by atoms with Gasteiger partial charge >= 0.3 is 0 Å². The highest BCUT2D eigenvalue weighted by atomic mass is 16.5. The number of nitrogens with two attached hydrogens (primary N) is 2. The summed E-state index contributed by atoms with van der Waals surface area (Å²) in [5, 5.41) is 13.7. The molecule has 2 heterocycles. The number of aromatic nitrogens is 2. The highest BCUT2D eigenvalue weighted by Crippen LogP contribution is 2.34. The molecule has 2 unspecified atom stereocenters. The van der Waals surface area contributed by atoms with Crippen molar-refractivity contribution in [3.63, 3.8) is 0 Å². The Kier molecular flexibility index (Phi) is 6.55. The molecule has 1 aliphatic rings. The number of piperidine rings is 1. The van der Waals surface area contributed by atoms with Crippen LogP contribution in [0.3, 0.4) is 0 Å². The second-order valence-corrected chi connectivity index (χ2v) is 8.49. The van der Waals surface area contributed by atoms with Crippen molar-refractivity contribution in [1.29, 1.82) is 5.26 Å². The number of amides is 2. The number of nitriles is 1. The van der Waals surface area contributed by atoms with Gasteiger partial charge in [0.2, 0.25) is 0 Å². The molecule has 9 nitrogen and oxygen atoms in total. The van der Waals surface area contributed by atoms with Crippen molar-refractivity contribution in [2.75, 3.05) is 12.3 Å². The molecule has 1 fully saturated rings. The Hall–Kier alpha value is -4.58. The zero-order chi connectivity index (χ0) is 25.1. The Labute approximate surface area is 203 Å². The molecule has 0 radical (unpaired) electrons. The smallest absolute Gasteiger partial charge is 0.264 e. The molecule has 2 aromatic carbocycles. The van der Waals surface area contributed by atoms with Gasteiger partial charge < -0.3 is 21.1 Å². The molecule has 3 aromatic rings. The van der Waals surface area contributed by atoms with E-state index in [4.69, 9.17) is 21.5 Å². The van der Waals surface area contributed by atoms with Gasteiger partial charge in [-0.25, -0.2) is 4.68 Å². The maximum atomic E-state index is 12.6. The van der Waals surface area contributed by atoms with Gasteiger partial charge in [0.15, 0.2) is 0 Å². The van der Waals surface area contributed by atoms with Gasteiger partial charge in [-0.3, -0.25) is 9.59 Å². The minimum atomic E-state index is -0.691. The lowest BCUT2D eigenvalue weighted by Gasteiger charge is -2.38. The Morgan fingerprint density at radius 3 is 2.40 bits per heavy atom. The van der Waals surface area contributed by atoms with E-state index in [0.717, 1.165) is 0 Å². The normalized spacial score (nSPS) is 17.4. The molecule has 0 aliphatic carbocycles. The van der Waals surface area contributed by atoms with Crippen molar-refractivity contribution in [3.05, 3.63) is 72.3 Å². The number of ether oxygens (including phenoxy) is 1. The van der Waals surface area contributed by atoms with Crippen molar-refractivity contribution >= 4 is 17.6 Å². The van der Waals surface area contributed by atoms with Crippen LogP contribution in [0.5, 0.6) is 11.5 Å². The largest absolute Gasteiger partial charge is 0.457 e. The lowest BCUT2D eigenvalue weighted by atomic mass is 9.98. The first kappa shape index (κ1) is 23.6. The third kappa shape index (κ3) is 4.73. The van der Waals surface area contributed by atoms with Crippen molar-refractivity contribution in [1.82, 2.24) is 14.7 Å². The fourth-order valence-corrected chi connectivity index (χ4v) is 4.27. The minimum Gasteiger partial charge on any atom is -0.457 e. The first-order chi connectivity index (χ1) is 16.8. The van der Waals surface area contributed by atoms with Crippen LogP contribution in [0.25, 0.3) is 11.3 Å². The van der Waals surface area contributed by atoms with Crippen LogP contribution in [0.15, 0.2) is 66.7 Å². The lowest BCUT2D eigenvalue weighted by molar-refractivity contribution is -0.130. The predicted molar refractivity (Wildman–Crippen MR) is 131 cm³/mol. The first-order valence-electron chi connectivity index (χ1n) is 11.2. The quantitative estimate of drug-likeness (QED) is 0.416. The average molecular weight is 471 g/mol. The van der Waals surface area contributed by atoms with Crippen LogP contribution in [0.4, 0.5) is 5.82 Å². The fraction of sp³-hybridized carbons (Fsp3) is 0.231. The van der Waals surface area contributed by atoms with E-state index in [1.54, 1.807) is 33.8 Å². The number of hydrogen-bond donors (Lipinski definition) is 2. The molecule has 2 atom stereocenters. The number of carbonyl (C=O) groups excluding carboxylic acids is 2. The van der Waals surface area contributed by atoms with Crippen molar-refractivity contribution in [2.45, 2.75) is 31.8 Å². The number of likely N-dealkylation sites (tertiary alicyclic amines) is 1.